The maximum Gasteiger partial charge on any atom is 0.302 e. The van der Waals surface area contributed by atoms with E-state index in [2.05, 4.69) is 67.5 Å². The van der Waals surface area contributed by atoms with Gasteiger partial charge in [-0.2, -0.15) is 0 Å². The maximum absolute atomic E-state index is 11.8. The van der Waals surface area contributed by atoms with Crippen molar-refractivity contribution in [2.24, 2.45) is 45.3 Å². The van der Waals surface area contributed by atoms with Crippen molar-refractivity contribution >= 4 is 5.97 Å². The molecule has 0 radical (unpaired) electrons. The van der Waals surface area contributed by atoms with Crippen LogP contribution in [0.25, 0.3) is 0 Å². The number of rotatable bonds is 5. The third kappa shape index (κ3) is 3.85. The molecule has 0 amide bonds. The monoisotopic (exact) mass is 468 g/mol. The summed E-state index contributed by atoms with van der Waals surface area (Å²) in [5.41, 5.74) is 4.36. The molecule has 0 aromatic rings. The topological polar surface area (TPSA) is 26.3 Å². The van der Waals surface area contributed by atoms with Crippen LogP contribution in [0.15, 0.2) is 23.3 Å². The van der Waals surface area contributed by atoms with Gasteiger partial charge in [0.05, 0.1) is 0 Å². The number of ether oxygens (including phenoxy) is 1. The second kappa shape index (κ2) is 8.81. The maximum atomic E-state index is 11.8. The summed E-state index contributed by atoms with van der Waals surface area (Å²) in [4.78, 5) is 11.8. The number of esters is 1. The van der Waals surface area contributed by atoms with E-state index in [1.54, 1.807) is 6.92 Å². The number of carbonyl (C=O) groups is 1. The standard InChI is InChI=1S/C32H52O2/c1-21(2)11-10-12-22(3)24-15-19-31(8)25(24)13-14-27-30(7)18-17-28(34-23(4)33)29(5,6)26(30)16-20-32(27,31)9/h11,13,22,24,26-28H,10,12,14-20H2,1-9H3/t22-,24+,26+,27-,28+,30+,31-,32-/m1/s1. The van der Waals surface area contributed by atoms with Crippen molar-refractivity contribution in [3.63, 3.8) is 0 Å². The smallest absolute Gasteiger partial charge is 0.302 e. The molecule has 0 heterocycles. The molecular weight excluding hydrogens is 416 g/mol. The number of carbonyl (C=O) groups excluding carboxylic acids is 1. The van der Waals surface area contributed by atoms with Crippen molar-refractivity contribution in [2.75, 3.05) is 0 Å². The summed E-state index contributed by atoms with van der Waals surface area (Å²) in [7, 11) is 0. The van der Waals surface area contributed by atoms with Gasteiger partial charge >= 0.3 is 5.97 Å². The summed E-state index contributed by atoms with van der Waals surface area (Å²) in [6.07, 6.45) is 16.6. The molecule has 0 aromatic carbocycles. The van der Waals surface area contributed by atoms with E-state index in [-0.39, 0.29) is 17.5 Å². The predicted octanol–water partition coefficient (Wildman–Crippen LogP) is 8.91. The van der Waals surface area contributed by atoms with Gasteiger partial charge in [0.2, 0.25) is 0 Å². The van der Waals surface area contributed by atoms with Crippen LogP contribution in [-0.2, 0) is 9.53 Å². The minimum atomic E-state index is -0.115. The quantitative estimate of drug-likeness (QED) is 0.297. The molecule has 4 aliphatic rings. The van der Waals surface area contributed by atoms with Gasteiger partial charge in [0.25, 0.3) is 0 Å². The van der Waals surface area contributed by atoms with Crippen LogP contribution >= 0.6 is 0 Å². The Labute approximate surface area is 210 Å². The average molecular weight is 469 g/mol. The van der Waals surface area contributed by atoms with Gasteiger partial charge in [-0.25, -0.2) is 0 Å². The summed E-state index contributed by atoms with van der Waals surface area (Å²) < 4.78 is 5.88. The predicted molar refractivity (Wildman–Crippen MR) is 142 cm³/mol. The lowest BCUT2D eigenvalue weighted by Gasteiger charge is -2.68. The van der Waals surface area contributed by atoms with Crippen LogP contribution in [0, 0.1) is 45.3 Å². The van der Waals surface area contributed by atoms with Crippen molar-refractivity contribution in [2.45, 2.75) is 126 Å². The molecule has 2 heteroatoms. The summed E-state index contributed by atoms with van der Waals surface area (Å²) >= 11 is 0. The van der Waals surface area contributed by atoms with Gasteiger partial charge in [-0.1, -0.05) is 64.8 Å². The van der Waals surface area contributed by atoms with Crippen molar-refractivity contribution < 1.29 is 9.53 Å². The Morgan fingerprint density at radius 2 is 1.74 bits per heavy atom. The number of hydrogen-bond donors (Lipinski definition) is 0. The van der Waals surface area contributed by atoms with Gasteiger partial charge in [0.1, 0.15) is 6.10 Å². The number of allylic oxidation sites excluding steroid dienone is 4. The zero-order valence-corrected chi connectivity index (χ0v) is 23.7. The fraction of sp³-hybridized carbons (Fsp3) is 0.844. The fourth-order valence-electron chi connectivity index (χ4n) is 9.95. The summed E-state index contributed by atoms with van der Waals surface area (Å²) in [5, 5.41) is 0. The lowest BCUT2D eigenvalue weighted by Crippen LogP contribution is -2.62. The Kier molecular flexibility index (Phi) is 6.74. The molecule has 0 aromatic heterocycles. The van der Waals surface area contributed by atoms with E-state index >= 15 is 0 Å². The van der Waals surface area contributed by atoms with Crippen molar-refractivity contribution in [3.8, 4) is 0 Å². The Balaban J connectivity index is 1.61. The molecule has 34 heavy (non-hydrogen) atoms. The second-order valence-corrected chi connectivity index (χ2v) is 14.2. The van der Waals surface area contributed by atoms with Crippen LogP contribution in [0.2, 0.25) is 0 Å². The molecule has 0 saturated heterocycles. The normalized spacial score (nSPS) is 43.6. The minimum Gasteiger partial charge on any atom is -0.462 e. The van der Waals surface area contributed by atoms with E-state index in [9.17, 15) is 4.79 Å². The van der Waals surface area contributed by atoms with Crippen molar-refractivity contribution in [1.29, 1.82) is 0 Å². The largest absolute Gasteiger partial charge is 0.462 e. The third-order valence-electron chi connectivity index (χ3n) is 12.0. The molecule has 0 N–H and O–H groups in total. The average Bonchev–Trinajstić information content (AvgIpc) is 3.08. The van der Waals surface area contributed by atoms with Gasteiger partial charge in [-0.05, 0) is 112 Å². The van der Waals surface area contributed by atoms with Gasteiger partial charge < -0.3 is 4.74 Å². The zero-order chi connectivity index (χ0) is 25.1. The Morgan fingerprint density at radius 3 is 2.38 bits per heavy atom. The third-order valence-corrected chi connectivity index (χ3v) is 12.0. The fourth-order valence-corrected chi connectivity index (χ4v) is 9.95. The van der Waals surface area contributed by atoms with E-state index in [0.717, 1.165) is 24.2 Å². The summed E-state index contributed by atoms with van der Waals surface area (Å²) in [6.45, 7) is 21.2. The summed E-state index contributed by atoms with van der Waals surface area (Å²) in [6, 6.07) is 0. The first-order valence-corrected chi connectivity index (χ1v) is 14.3. The lowest BCUT2D eigenvalue weighted by molar-refractivity contribution is -0.205. The highest BCUT2D eigenvalue weighted by atomic mass is 16.5. The lowest BCUT2D eigenvalue weighted by atomic mass is 9.37. The molecule has 0 spiro atoms. The van der Waals surface area contributed by atoms with E-state index in [1.165, 1.54) is 56.9 Å². The molecule has 3 saturated carbocycles. The van der Waals surface area contributed by atoms with Crippen molar-refractivity contribution in [3.05, 3.63) is 23.3 Å². The molecule has 3 fully saturated rings. The SMILES string of the molecule is CC(=O)O[C@H]1CC[C@]2(C)[C@H]3CC=C4[C@H]([C@H](C)CCC=C(C)C)CC[C@@]4(C)[C@]3(C)CC[C@H]2C1(C)C. The van der Waals surface area contributed by atoms with E-state index in [0.29, 0.717) is 22.2 Å². The first kappa shape index (κ1) is 26.0. The van der Waals surface area contributed by atoms with Gasteiger partial charge in [-0.3, -0.25) is 4.79 Å². The molecule has 0 aliphatic heterocycles. The molecule has 0 unspecified atom stereocenters. The van der Waals surface area contributed by atoms with Gasteiger partial charge in [-0.15, -0.1) is 0 Å². The van der Waals surface area contributed by atoms with Crippen LogP contribution in [0.1, 0.15) is 120 Å². The highest BCUT2D eigenvalue weighted by Crippen LogP contribution is 2.74. The molecule has 4 aliphatic carbocycles. The molecular formula is C32H52O2. The van der Waals surface area contributed by atoms with Crippen LogP contribution in [-0.4, -0.2) is 12.1 Å². The minimum absolute atomic E-state index is 0.0442. The molecule has 0 bridgehead atoms. The Morgan fingerprint density at radius 1 is 1.03 bits per heavy atom. The van der Waals surface area contributed by atoms with Crippen LogP contribution in [0.4, 0.5) is 0 Å². The molecule has 192 valence electrons. The molecule has 4 rings (SSSR count). The number of fused-ring (bicyclic) bond motifs is 5. The second-order valence-electron chi connectivity index (χ2n) is 14.2. The van der Waals surface area contributed by atoms with E-state index in [4.69, 9.17) is 4.74 Å². The number of hydrogen-bond acceptors (Lipinski definition) is 2. The highest BCUT2D eigenvalue weighted by molar-refractivity contribution is 5.66. The van der Waals surface area contributed by atoms with Crippen LogP contribution in [0.3, 0.4) is 0 Å². The van der Waals surface area contributed by atoms with Gasteiger partial charge in [0, 0.05) is 12.3 Å². The van der Waals surface area contributed by atoms with Crippen LogP contribution in [0.5, 0.6) is 0 Å². The first-order chi connectivity index (χ1) is 15.8. The Hall–Kier alpha value is -1.05. The molecule has 8 atom stereocenters. The zero-order valence-electron chi connectivity index (χ0n) is 23.7. The highest BCUT2D eigenvalue weighted by Gasteiger charge is 2.67. The van der Waals surface area contributed by atoms with E-state index in [1.807, 2.05) is 5.57 Å². The van der Waals surface area contributed by atoms with Crippen molar-refractivity contribution in [1.82, 2.24) is 0 Å². The van der Waals surface area contributed by atoms with E-state index < -0.39 is 0 Å². The first-order valence-electron chi connectivity index (χ1n) is 14.3. The summed E-state index contributed by atoms with van der Waals surface area (Å²) in [5.74, 6) is 2.78. The Bertz CT molecular complexity index is 860. The molecule has 2 nitrogen and oxygen atoms in total. The van der Waals surface area contributed by atoms with Gasteiger partial charge in [0.15, 0.2) is 0 Å². The van der Waals surface area contributed by atoms with Crippen LogP contribution < -0.4 is 0 Å².